The quantitative estimate of drug-likeness (QED) is 0.874. The first-order valence-electron chi connectivity index (χ1n) is 7.17. The Labute approximate surface area is 128 Å². The second-order valence-electron chi connectivity index (χ2n) is 5.39. The molecule has 0 amide bonds. The lowest BCUT2D eigenvalue weighted by Crippen LogP contribution is -2.33. The first kappa shape index (κ1) is 16.7. The zero-order chi connectivity index (χ0) is 16.2. The Balaban J connectivity index is 1.90. The zero-order valence-electron chi connectivity index (χ0n) is 12.7. The third-order valence-electron chi connectivity index (χ3n) is 3.78. The fourth-order valence-corrected chi connectivity index (χ4v) is 2.67. The number of anilines is 1. The highest BCUT2D eigenvalue weighted by Gasteiger charge is 2.28. The minimum absolute atomic E-state index is 0.218. The number of ether oxygens (including phenoxy) is 2. The minimum Gasteiger partial charge on any atom is -0.493 e. The normalized spacial score (nSPS) is 18.6. The fraction of sp³-hybridized carbons (Fsp3) is 0.600. The van der Waals surface area contributed by atoms with E-state index in [2.05, 4.69) is 10.2 Å². The topological polar surface area (TPSA) is 33.7 Å². The van der Waals surface area contributed by atoms with E-state index in [1.165, 1.54) is 0 Å². The van der Waals surface area contributed by atoms with Gasteiger partial charge in [-0.2, -0.15) is 13.2 Å². The highest BCUT2D eigenvalue weighted by Crippen LogP contribution is 2.33. The van der Waals surface area contributed by atoms with Crippen molar-refractivity contribution in [3.8, 4) is 11.5 Å². The van der Waals surface area contributed by atoms with Gasteiger partial charge < -0.3 is 19.7 Å². The summed E-state index contributed by atoms with van der Waals surface area (Å²) >= 11 is 0. The van der Waals surface area contributed by atoms with Crippen molar-refractivity contribution in [2.45, 2.75) is 12.6 Å². The molecule has 1 N–H and O–H groups in total. The Morgan fingerprint density at radius 2 is 1.95 bits per heavy atom. The highest BCUT2D eigenvalue weighted by molar-refractivity contribution is 5.56. The van der Waals surface area contributed by atoms with Crippen molar-refractivity contribution in [1.82, 2.24) is 5.32 Å². The summed E-state index contributed by atoms with van der Waals surface area (Å²) in [7, 11) is 3.16. The average Bonchev–Trinajstić information content (AvgIpc) is 2.94. The molecule has 1 heterocycles. The molecule has 1 aliphatic heterocycles. The van der Waals surface area contributed by atoms with Crippen molar-refractivity contribution < 1.29 is 22.6 Å². The molecule has 1 unspecified atom stereocenters. The third kappa shape index (κ3) is 4.43. The van der Waals surface area contributed by atoms with Crippen LogP contribution in [0.1, 0.15) is 6.42 Å². The van der Waals surface area contributed by atoms with Crippen molar-refractivity contribution in [3.63, 3.8) is 0 Å². The number of halogens is 3. The molecule has 4 nitrogen and oxygen atoms in total. The Hall–Kier alpha value is -1.63. The predicted octanol–water partition coefficient (Wildman–Crippen LogP) is 2.68. The van der Waals surface area contributed by atoms with Crippen LogP contribution in [-0.2, 0) is 0 Å². The molecule has 1 aromatic rings. The van der Waals surface area contributed by atoms with Gasteiger partial charge in [0.05, 0.1) is 20.8 Å². The molecular weight excluding hydrogens is 297 g/mol. The molecule has 0 saturated carbocycles. The molecule has 2 rings (SSSR count). The zero-order valence-corrected chi connectivity index (χ0v) is 12.7. The maximum atomic E-state index is 12.1. The van der Waals surface area contributed by atoms with E-state index in [0.29, 0.717) is 18.0 Å². The van der Waals surface area contributed by atoms with E-state index in [0.717, 1.165) is 25.2 Å². The minimum atomic E-state index is -4.15. The van der Waals surface area contributed by atoms with Crippen LogP contribution in [0.5, 0.6) is 11.5 Å². The smallest absolute Gasteiger partial charge is 0.401 e. The summed E-state index contributed by atoms with van der Waals surface area (Å²) in [5.41, 5.74) is 0.996. The largest absolute Gasteiger partial charge is 0.493 e. The number of rotatable bonds is 6. The van der Waals surface area contributed by atoms with Crippen molar-refractivity contribution in [2.75, 3.05) is 45.3 Å². The Kier molecular flexibility index (Phi) is 5.39. The van der Waals surface area contributed by atoms with Crippen molar-refractivity contribution in [1.29, 1.82) is 0 Å². The molecule has 0 aromatic heterocycles. The van der Waals surface area contributed by atoms with Crippen molar-refractivity contribution >= 4 is 5.69 Å². The highest BCUT2D eigenvalue weighted by atomic mass is 19.4. The SMILES string of the molecule is COc1ccc(N2CCC(CNCC(F)(F)F)C2)cc1OC. The predicted molar refractivity (Wildman–Crippen MR) is 78.8 cm³/mol. The van der Waals surface area contributed by atoms with Crippen LogP contribution in [0, 0.1) is 5.92 Å². The van der Waals surface area contributed by atoms with Gasteiger partial charge in [0, 0.05) is 31.4 Å². The molecule has 0 radical (unpaired) electrons. The van der Waals surface area contributed by atoms with Gasteiger partial charge in [-0.05, 0) is 24.5 Å². The molecule has 1 fully saturated rings. The molecule has 124 valence electrons. The summed E-state index contributed by atoms with van der Waals surface area (Å²) < 4.78 is 46.9. The maximum Gasteiger partial charge on any atom is 0.401 e. The third-order valence-corrected chi connectivity index (χ3v) is 3.78. The molecule has 1 aliphatic rings. The van der Waals surface area contributed by atoms with E-state index in [1.54, 1.807) is 14.2 Å². The molecule has 1 atom stereocenters. The van der Waals surface area contributed by atoms with Gasteiger partial charge in [0.15, 0.2) is 11.5 Å². The van der Waals surface area contributed by atoms with Gasteiger partial charge >= 0.3 is 6.18 Å². The second-order valence-corrected chi connectivity index (χ2v) is 5.39. The van der Waals surface area contributed by atoms with E-state index in [-0.39, 0.29) is 5.92 Å². The van der Waals surface area contributed by atoms with Crippen LogP contribution in [0.2, 0.25) is 0 Å². The number of hydrogen-bond acceptors (Lipinski definition) is 4. The van der Waals surface area contributed by atoms with Gasteiger partial charge in [0.2, 0.25) is 0 Å². The maximum absolute atomic E-state index is 12.1. The van der Waals surface area contributed by atoms with Crippen molar-refractivity contribution in [2.24, 2.45) is 5.92 Å². The van der Waals surface area contributed by atoms with E-state index >= 15 is 0 Å². The van der Waals surface area contributed by atoms with Crippen LogP contribution in [-0.4, -0.2) is 46.6 Å². The number of methoxy groups -OCH3 is 2. The Morgan fingerprint density at radius 3 is 2.59 bits per heavy atom. The van der Waals surface area contributed by atoms with Gasteiger partial charge in [-0.1, -0.05) is 0 Å². The van der Waals surface area contributed by atoms with E-state index < -0.39 is 12.7 Å². The van der Waals surface area contributed by atoms with Crippen molar-refractivity contribution in [3.05, 3.63) is 18.2 Å². The molecule has 0 bridgehead atoms. The van der Waals surface area contributed by atoms with Crippen LogP contribution in [0.4, 0.5) is 18.9 Å². The molecule has 22 heavy (non-hydrogen) atoms. The first-order valence-corrected chi connectivity index (χ1v) is 7.17. The number of nitrogens with one attached hydrogen (secondary N) is 1. The summed E-state index contributed by atoms with van der Waals surface area (Å²) in [5, 5.41) is 2.48. The van der Waals surface area contributed by atoms with E-state index in [1.807, 2.05) is 18.2 Å². The number of nitrogens with zero attached hydrogens (tertiary/aromatic N) is 1. The van der Waals surface area contributed by atoms with Crippen LogP contribution in [0.3, 0.4) is 0 Å². The molecule has 1 saturated heterocycles. The standard InChI is InChI=1S/C15H21F3N2O2/c1-21-13-4-3-12(7-14(13)22-2)20-6-5-11(9-20)8-19-10-15(16,17)18/h3-4,7,11,19H,5-6,8-10H2,1-2H3. The van der Waals surface area contributed by atoms with Gasteiger partial charge in [-0.3, -0.25) is 0 Å². The summed E-state index contributed by atoms with van der Waals surface area (Å²) in [6, 6.07) is 5.67. The second kappa shape index (κ2) is 7.09. The monoisotopic (exact) mass is 318 g/mol. The summed E-state index contributed by atoms with van der Waals surface area (Å²) in [6.45, 7) is 1.01. The van der Waals surface area contributed by atoms with Gasteiger partial charge in [0.25, 0.3) is 0 Å². The van der Waals surface area contributed by atoms with Gasteiger partial charge in [-0.15, -0.1) is 0 Å². The molecular formula is C15H21F3N2O2. The lowest BCUT2D eigenvalue weighted by atomic mass is 10.1. The Bertz CT molecular complexity index is 494. The Morgan fingerprint density at radius 1 is 1.23 bits per heavy atom. The molecule has 1 aromatic carbocycles. The van der Waals surface area contributed by atoms with Crippen LogP contribution in [0.25, 0.3) is 0 Å². The number of hydrogen-bond donors (Lipinski definition) is 1. The van der Waals surface area contributed by atoms with Gasteiger partial charge in [-0.25, -0.2) is 0 Å². The molecule has 7 heteroatoms. The summed E-state index contributed by atoms with van der Waals surface area (Å²) in [4.78, 5) is 2.15. The summed E-state index contributed by atoms with van der Waals surface area (Å²) in [6.07, 6.45) is -3.28. The summed E-state index contributed by atoms with van der Waals surface area (Å²) in [5.74, 6) is 1.53. The van der Waals surface area contributed by atoms with E-state index in [4.69, 9.17) is 9.47 Å². The van der Waals surface area contributed by atoms with E-state index in [9.17, 15) is 13.2 Å². The fourth-order valence-electron chi connectivity index (χ4n) is 2.67. The molecule has 0 aliphatic carbocycles. The first-order chi connectivity index (χ1) is 10.4. The van der Waals surface area contributed by atoms with Gasteiger partial charge in [0.1, 0.15) is 0 Å². The lowest BCUT2D eigenvalue weighted by Gasteiger charge is -2.20. The molecule has 0 spiro atoms. The van der Waals surface area contributed by atoms with Crippen LogP contribution >= 0.6 is 0 Å². The van der Waals surface area contributed by atoms with Crippen LogP contribution < -0.4 is 19.7 Å². The number of alkyl halides is 3. The lowest BCUT2D eigenvalue weighted by molar-refractivity contribution is -0.125. The number of benzene rings is 1. The van der Waals surface area contributed by atoms with Crippen LogP contribution in [0.15, 0.2) is 18.2 Å². The average molecular weight is 318 g/mol.